The Labute approximate surface area is 63.1 Å². The zero-order valence-corrected chi connectivity index (χ0v) is 7.09. The van der Waals surface area contributed by atoms with Crippen LogP contribution in [0, 0.1) is 5.92 Å². The van der Waals surface area contributed by atoms with Gasteiger partial charge in [0.1, 0.15) is 5.84 Å². The van der Waals surface area contributed by atoms with Gasteiger partial charge in [0.25, 0.3) is 0 Å². The molecule has 0 aliphatic carbocycles. The van der Waals surface area contributed by atoms with Crippen LogP contribution in [0.5, 0.6) is 0 Å². The zero-order chi connectivity index (χ0) is 7.98. The predicted molar refractivity (Wildman–Crippen MR) is 47.0 cm³/mol. The van der Waals surface area contributed by atoms with E-state index in [9.17, 15) is 0 Å². The largest absolute Gasteiger partial charge is 0.271 e. The fraction of sp³-hybridized carbons (Fsp3) is 0.750. The van der Waals surface area contributed by atoms with Gasteiger partial charge in [-0.3, -0.25) is 4.99 Å². The van der Waals surface area contributed by atoms with Gasteiger partial charge < -0.3 is 0 Å². The average Bonchev–Trinajstić information content (AvgIpc) is 1.87. The quantitative estimate of drug-likeness (QED) is 0.424. The summed E-state index contributed by atoms with van der Waals surface area (Å²) < 4.78 is 0. The molecular formula is C8H16N2. The number of aliphatic imine (C=N–C) groups is 2. The highest BCUT2D eigenvalue weighted by atomic mass is 14.9. The van der Waals surface area contributed by atoms with Crippen LogP contribution in [0.25, 0.3) is 0 Å². The molecule has 10 heavy (non-hydrogen) atoms. The van der Waals surface area contributed by atoms with Crippen LogP contribution in [0.3, 0.4) is 0 Å². The van der Waals surface area contributed by atoms with Crippen LogP contribution in [-0.4, -0.2) is 19.1 Å². The Hall–Kier alpha value is -0.660. The highest BCUT2D eigenvalue weighted by Crippen LogP contribution is 1.98. The summed E-state index contributed by atoms with van der Waals surface area (Å²) in [5.41, 5.74) is 0. The first-order valence-electron chi connectivity index (χ1n) is 3.64. The molecule has 0 unspecified atom stereocenters. The van der Waals surface area contributed by atoms with E-state index in [1.54, 1.807) is 0 Å². The topological polar surface area (TPSA) is 24.7 Å². The van der Waals surface area contributed by atoms with Crippen molar-refractivity contribution in [1.82, 2.24) is 0 Å². The molecule has 0 bridgehead atoms. The molecule has 0 rings (SSSR count). The molecule has 0 aromatic carbocycles. The lowest BCUT2D eigenvalue weighted by Gasteiger charge is -1.99. The Morgan fingerprint density at radius 1 is 1.50 bits per heavy atom. The van der Waals surface area contributed by atoms with Crippen LogP contribution >= 0.6 is 0 Å². The van der Waals surface area contributed by atoms with Gasteiger partial charge in [-0.2, -0.15) is 0 Å². The molecule has 0 spiro atoms. The van der Waals surface area contributed by atoms with Gasteiger partial charge in [0.2, 0.25) is 0 Å². The lowest BCUT2D eigenvalue weighted by atomic mass is 10.1. The normalized spacial score (nSPS) is 12.2. The van der Waals surface area contributed by atoms with E-state index in [0.717, 1.165) is 24.7 Å². The molecule has 0 aliphatic heterocycles. The Morgan fingerprint density at radius 3 is 2.50 bits per heavy atom. The average molecular weight is 140 g/mol. The molecule has 0 atom stereocenters. The zero-order valence-electron chi connectivity index (χ0n) is 7.09. The van der Waals surface area contributed by atoms with Crippen LogP contribution in [0.1, 0.15) is 27.2 Å². The van der Waals surface area contributed by atoms with E-state index in [1.807, 2.05) is 6.92 Å². The summed E-state index contributed by atoms with van der Waals surface area (Å²) in [7, 11) is 0. The second kappa shape index (κ2) is 5.15. The second-order valence-corrected chi connectivity index (χ2v) is 2.77. The predicted octanol–water partition coefficient (Wildman–Crippen LogP) is 2.15. The number of nitrogens with zero attached hydrogens (tertiary/aromatic N) is 2. The van der Waals surface area contributed by atoms with E-state index in [4.69, 9.17) is 0 Å². The van der Waals surface area contributed by atoms with E-state index in [1.165, 1.54) is 0 Å². The molecule has 0 aliphatic rings. The summed E-state index contributed by atoms with van der Waals surface area (Å²) in [6.45, 7) is 10.5. The first-order chi connectivity index (χ1) is 4.66. The summed E-state index contributed by atoms with van der Waals surface area (Å²) in [5.74, 6) is 1.52. The summed E-state index contributed by atoms with van der Waals surface area (Å²) in [5, 5.41) is 0. The second-order valence-electron chi connectivity index (χ2n) is 2.77. The molecule has 0 heterocycles. The monoisotopic (exact) mass is 140 g/mol. The summed E-state index contributed by atoms with van der Waals surface area (Å²) >= 11 is 0. The van der Waals surface area contributed by atoms with Gasteiger partial charge in [-0.25, -0.2) is 4.99 Å². The first-order valence-corrected chi connectivity index (χ1v) is 3.64. The third-order valence-corrected chi connectivity index (χ3v) is 1.28. The van der Waals surface area contributed by atoms with Crippen molar-refractivity contribution in [3.63, 3.8) is 0 Å². The van der Waals surface area contributed by atoms with Crippen molar-refractivity contribution in [3.8, 4) is 0 Å². The SMILES string of the molecule is C=N/C(C)=N\CCC(C)C. The highest BCUT2D eigenvalue weighted by Gasteiger charge is 1.90. The van der Waals surface area contributed by atoms with Crippen LogP contribution in [0.4, 0.5) is 0 Å². The molecule has 0 fully saturated rings. The van der Waals surface area contributed by atoms with Crippen molar-refractivity contribution < 1.29 is 0 Å². The van der Waals surface area contributed by atoms with E-state index in [0.29, 0.717) is 0 Å². The first kappa shape index (κ1) is 9.34. The van der Waals surface area contributed by atoms with Gasteiger partial charge in [0, 0.05) is 6.54 Å². The Bertz CT molecular complexity index is 125. The molecule has 58 valence electrons. The molecular weight excluding hydrogens is 124 g/mol. The van der Waals surface area contributed by atoms with E-state index >= 15 is 0 Å². The fourth-order valence-electron chi connectivity index (χ4n) is 0.535. The Balaban J connectivity index is 3.43. The highest BCUT2D eigenvalue weighted by molar-refractivity contribution is 5.83. The minimum absolute atomic E-state index is 0.723. The molecule has 0 aromatic rings. The molecule has 2 nitrogen and oxygen atoms in total. The number of rotatable bonds is 3. The van der Waals surface area contributed by atoms with Crippen molar-refractivity contribution in [2.75, 3.05) is 6.54 Å². The lowest BCUT2D eigenvalue weighted by Crippen LogP contribution is -1.93. The lowest BCUT2D eigenvalue weighted by molar-refractivity contribution is 0.597. The van der Waals surface area contributed by atoms with Gasteiger partial charge in [-0.1, -0.05) is 13.8 Å². The summed E-state index contributed by atoms with van der Waals surface area (Å²) in [6.07, 6.45) is 1.13. The van der Waals surface area contributed by atoms with Crippen molar-refractivity contribution in [1.29, 1.82) is 0 Å². The standard InChI is InChI=1S/C8H16N2/c1-7(2)5-6-10-8(3)9-4/h7H,4-6H2,1-3H3/b10-8-. The van der Waals surface area contributed by atoms with Crippen molar-refractivity contribution >= 4 is 12.6 Å². The minimum Gasteiger partial charge on any atom is -0.271 e. The smallest absolute Gasteiger partial charge is 0.119 e. The third-order valence-electron chi connectivity index (χ3n) is 1.28. The molecule has 0 aromatic heterocycles. The number of hydrogen-bond donors (Lipinski definition) is 0. The third kappa shape index (κ3) is 5.48. The van der Waals surface area contributed by atoms with Crippen molar-refractivity contribution in [3.05, 3.63) is 0 Å². The molecule has 0 saturated heterocycles. The molecule has 0 amide bonds. The summed E-state index contributed by atoms with van der Waals surface area (Å²) in [6, 6.07) is 0. The van der Waals surface area contributed by atoms with Crippen LogP contribution in [0.15, 0.2) is 9.98 Å². The fourth-order valence-corrected chi connectivity index (χ4v) is 0.535. The molecule has 0 N–H and O–H groups in total. The molecule has 0 radical (unpaired) electrons. The van der Waals surface area contributed by atoms with Crippen molar-refractivity contribution in [2.45, 2.75) is 27.2 Å². The molecule has 0 saturated carbocycles. The van der Waals surface area contributed by atoms with Gasteiger partial charge in [0.05, 0.1) is 0 Å². The van der Waals surface area contributed by atoms with Crippen LogP contribution in [-0.2, 0) is 0 Å². The van der Waals surface area contributed by atoms with Gasteiger partial charge in [0.15, 0.2) is 0 Å². The maximum Gasteiger partial charge on any atom is 0.119 e. The van der Waals surface area contributed by atoms with Crippen molar-refractivity contribution in [2.24, 2.45) is 15.9 Å². The van der Waals surface area contributed by atoms with E-state index in [-0.39, 0.29) is 0 Å². The maximum atomic E-state index is 4.17. The van der Waals surface area contributed by atoms with Crippen LogP contribution in [0.2, 0.25) is 0 Å². The van der Waals surface area contributed by atoms with Crippen LogP contribution < -0.4 is 0 Å². The van der Waals surface area contributed by atoms with Gasteiger partial charge >= 0.3 is 0 Å². The Morgan fingerprint density at radius 2 is 2.10 bits per heavy atom. The number of hydrogen-bond acceptors (Lipinski definition) is 1. The van der Waals surface area contributed by atoms with E-state index < -0.39 is 0 Å². The van der Waals surface area contributed by atoms with E-state index in [2.05, 4.69) is 30.5 Å². The summed E-state index contributed by atoms with van der Waals surface area (Å²) in [4.78, 5) is 7.86. The van der Waals surface area contributed by atoms with Gasteiger partial charge in [-0.05, 0) is 26.0 Å². The minimum atomic E-state index is 0.723. The molecule has 2 heteroatoms. The Kier molecular flexibility index (Phi) is 4.81. The number of amidine groups is 1. The maximum absolute atomic E-state index is 4.17. The van der Waals surface area contributed by atoms with Gasteiger partial charge in [-0.15, -0.1) is 0 Å².